The van der Waals surface area contributed by atoms with Gasteiger partial charge in [-0.05, 0) is 36.1 Å². The Bertz CT molecular complexity index is 679. The summed E-state index contributed by atoms with van der Waals surface area (Å²) in [6, 6.07) is 17.2. The van der Waals surface area contributed by atoms with E-state index in [1.807, 2.05) is 61.5 Å². The van der Waals surface area contributed by atoms with E-state index in [4.69, 9.17) is 0 Å². The van der Waals surface area contributed by atoms with Gasteiger partial charge in [0.15, 0.2) is 0 Å². The molecule has 2 aromatic rings. The molecule has 24 heavy (non-hydrogen) atoms. The molecule has 0 saturated heterocycles. The largest absolute Gasteiger partial charge is 0.349 e. The smallest absolute Gasteiger partial charge is 0.233 e. The van der Waals surface area contributed by atoms with Crippen LogP contribution in [0.5, 0.6) is 0 Å². The second-order valence-corrected chi connectivity index (χ2v) is 6.20. The Morgan fingerprint density at radius 3 is 2.04 bits per heavy atom. The van der Waals surface area contributed by atoms with E-state index < -0.39 is 0 Å². The van der Waals surface area contributed by atoms with Gasteiger partial charge in [-0.1, -0.05) is 56.3 Å². The van der Waals surface area contributed by atoms with Gasteiger partial charge in [-0.15, -0.1) is 0 Å². The molecule has 1 unspecified atom stereocenters. The third-order valence-electron chi connectivity index (χ3n) is 3.86. The highest BCUT2D eigenvalue weighted by Gasteiger charge is 2.13. The highest BCUT2D eigenvalue weighted by Crippen LogP contribution is 2.17. The van der Waals surface area contributed by atoms with E-state index in [0.29, 0.717) is 11.6 Å². The van der Waals surface area contributed by atoms with Crippen molar-refractivity contribution in [3.05, 3.63) is 65.7 Å². The molecule has 0 spiro atoms. The molecular weight excluding hydrogens is 300 g/mol. The molecule has 0 saturated carbocycles. The van der Waals surface area contributed by atoms with Crippen LogP contribution in [0.1, 0.15) is 50.3 Å². The number of hydrogen-bond acceptors (Lipinski definition) is 2. The van der Waals surface area contributed by atoms with E-state index >= 15 is 0 Å². The summed E-state index contributed by atoms with van der Waals surface area (Å²) in [5.41, 5.74) is 2.92. The number of anilines is 1. The second-order valence-electron chi connectivity index (χ2n) is 6.20. The molecule has 0 aliphatic heterocycles. The van der Waals surface area contributed by atoms with E-state index in [2.05, 4.69) is 24.5 Å². The van der Waals surface area contributed by atoms with E-state index in [1.54, 1.807) is 0 Å². The van der Waals surface area contributed by atoms with Gasteiger partial charge in [0, 0.05) is 5.69 Å². The number of benzene rings is 2. The molecule has 1 atom stereocenters. The Balaban J connectivity index is 1.84. The summed E-state index contributed by atoms with van der Waals surface area (Å²) in [6.07, 6.45) is -0.191. The summed E-state index contributed by atoms with van der Waals surface area (Å²) in [6.45, 7) is 6.13. The zero-order valence-corrected chi connectivity index (χ0v) is 14.4. The van der Waals surface area contributed by atoms with Crippen LogP contribution in [-0.2, 0) is 9.59 Å². The van der Waals surface area contributed by atoms with Crippen LogP contribution in [0.2, 0.25) is 0 Å². The minimum absolute atomic E-state index is 0.128. The van der Waals surface area contributed by atoms with Crippen LogP contribution in [0.4, 0.5) is 5.69 Å². The number of amides is 2. The first-order chi connectivity index (χ1) is 11.5. The fourth-order valence-corrected chi connectivity index (χ4v) is 2.42. The van der Waals surface area contributed by atoms with Crippen LogP contribution in [0.3, 0.4) is 0 Å². The SMILES string of the molecule is CC(C)c1ccc(NC(=O)CC(=O)NC(C)c2ccccc2)cc1. The molecule has 0 aliphatic rings. The number of carbonyl (C=O) groups is 2. The molecule has 4 nitrogen and oxygen atoms in total. The predicted octanol–water partition coefficient (Wildman–Crippen LogP) is 4.02. The van der Waals surface area contributed by atoms with Gasteiger partial charge >= 0.3 is 0 Å². The summed E-state index contributed by atoms with van der Waals surface area (Å²) < 4.78 is 0. The first-order valence-corrected chi connectivity index (χ1v) is 8.20. The van der Waals surface area contributed by atoms with Crippen molar-refractivity contribution >= 4 is 17.5 Å². The average Bonchev–Trinajstić information content (AvgIpc) is 2.55. The Morgan fingerprint density at radius 1 is 0.833 bits per heavy atom. The van der Waals surface area contributed by atoms with Crippen LogP contribution in [-0.4, -0.2) is 11.8 Å². The van der Waals surface area contributed by atoms with Crippen molar-refractivity contribution in [2.24, 2.45) is 0 Å². The fourth-order valence-electron chi connectivity index (χ4n) is 2.42. The lowest BCUT2D eigenvalue weighted by molar-refractivity contribution is -0.127. The van der Waals surface area contributed by atoms with Crippen molar-refractivity contribution in [1.82, 2.24) is 5.32 Å². The lowest BCUT2D eigenvalue weighted by atomic mass is 10.0. The maximum absolute atomic E-state index is 12.0. The maximum Gasteiger partial charge on any atom is 0.233 e. The van der Waals surface area contributed by atoms with E-state index in [0.717, 1.165) is 5.56 Å². The lowest BCUT2D eigenvalue weighted by Crippen LogP contribution is -2.30. The van der Waals surface area contributed by atoms with Gasteiger partial charge < -0.3 is 10.6 Å². The molecule has 0 heterocycles. The van der Waals surface area contributed by atoms with Crippen molar-refractivity contribution < 1.29 is 9.59 Å². The van der Waals surface area contributed by atoms with Crippen LogP contribution in [0.25, 0.3) is 0 Å². The lowest BCUT2D eigenvalue weighted by Gasteiger charge is -2.14. The normalized spacial score (nSPS) is 11.8. The van der Waals surface area contributed by atoms with Crippen molar-refractivity contribution in [3.63, 3.8) is 0 Å². The molecule has 2 aromatic carbocycles. The number of carbonyl (C=O) groups excluding carboxylic acids is 2. The number of rotatable bonds is 6. The van der Waals surface area contributed by atoms with Gasteiger partial charge in [-0.3, -0.25) is 9.59 Å². The van der Waals surface area contributed by atoms with Gasteiger partial charge in [0.2, 0.25) is 11.8 Å². The number of nitrogens with one attached hydrogen (secondary N) is 2. The van der Waals surface area contributed by atoms with Gasteiger partial charge in [-0.2, -0.15) is 0 Å². The third-order valence-corrected chi connectivity index (χ3v) is 3.86. The van der Waals surface area contributed by atoms with Crippen LogP contribution >= 0.6 is 0 Å². The molecule has 2 amide bonds. The maximum atomic E-state index is 12.0. The highest BCUT2D eigenvalue weighted by molar-refractivity contribution is 6.03. The quantitative estimate of drug-likeness (QED) is 0.789. The molecule has 0 radical (unpaired) electrons. The second kappa shape index (κ2) is 8.29. The molecule has 2 N–H and O–H groups in total. The molecule has 2 rings (SSSR count). The van der Waals surface area contributed by atoms with E-state index in [1.165, 1.54) is 5.56 Å². The predicted molar refractivity (Wildman–Crippen MR) is 96.8 cm³/mol. The Hall–Kier alpha value is -2.62. The van der Waals surface area contributed by atoms with Crippen LogP contribution in [0, 0.1) is 0 Å². The standard InChI is InChI=1S/C20H24N2O2/c1-14(2)16-9-11-18(12-10-16)22-20(24)13-19(23)21-15(3)17-7-5-4-6-8-17/h4-12,14-15H,13H2,1-3H3,(H,21,23)(H,22,24). The Morgan fingerprint density at radius 2 is 1.46 bits per heavy atom. The molecular formula is C20H24N2O2. The van der Waals surface area contributed by atoms with E-state index in [9.17, 15) is 9.59 Å². The molecule has 0 fully saturated rings. The van der Waals surface area contributed by atoms with Crippen LogP contribution in [0.15, 0.2) is 54.6 Å². The topological polar surface area (TPSA) is 58.2 Å². The highest BCUT2D eigenvalue weighted by atomic mass is 16.2. The van der Waals surface area contributed by atoms with Gasteiger partial charge in [0.1, 0.15) is 6.42 Å². The molecule has 0 bridgehead atoms. The van der Waals surface area contributed by atoms with E-state index in [-0.39, 0.29) is 24.3 Å². The van der Waals surface area contributed by atoms with Crippen LogP contribution < -0.4 is 10.6 Å². The summed E-state index contributed by atoms with van der Waals surface area (Å²) in [5.74, 6) is -0.160. The summed E-state index contributed by atoms with van der Waals surface area (Å²) in [5, 5.41) is 5.59. The van der Waals surface area contributed by atoms with Gasteiger partial charge in [0.25, 0.3) is 0 Å². The summed E-state index contributed by atoms with van der Waals surface area (Å²) in [4.78, 5) is 24.0. The molecule has 126 valence electrons. The summed E-state index contributed by atoms with van der Waals surface area (Å²) in [7, 11) is 0. The van der Waals surface area contributed by atoms with Crippen molar-refractivity contribution in [2.75, 3.05) is 5.32 Å². The van der Waals surface area contributed by atoms with Gasteiger partial charge in [-0.25, -0.2) is 0 Å². The molecule has 0 aliphatic carbocycles. The first kappa shape index (κ1) is 17.7. The van der Waals surface area contributed by atoms with Crippen molar-refractivity contribution in [1.29, 1.82) is 0 Å². The Kier molecular flexibility index (Phi) is 6.13. The minimum atomic E-state index is -0.315. The minimum Gasteiger partial charge on any atom is -0.349 e. The Labute approximate surface area is 143 Å². The zero-order valence-electron chi connectivity index (χ0n) is 14.4. The van der Waals surface area contributed by atoms with Crippen molar-refractivity contribution in [2.45, 2.75) is 39.2 Å². The summed E-state index contributed by atoms with van der Waals surface area (Å²) >= 11 is 0. The van der Waals surface area contributed by atoms with Crippen molar-refractivity contribution in [3.8, 4) is 0 Å². The first-order valence-electron chi connectivity index (χ1n) is 8.20. The number of hydrogen-bond donors (Lipinski definition) is 2. The van der Waals surface area contributed by atoms with Gasteiger partial charge in [0.05, 0.1) is 6.04 Å². The fraction of sp³-hybridized carbons (Fsp3) is 0.300. The molecule has 0 aromatic heterocycles. The monoisotopic (exact) mass is 324 g/mol. The molecule has 4 heteroatoms. The third kappa shape index (κ3) is 5.23. The average molecular weight is 324 g/mol. The zero-order chi connectivity index (χ0) is 17.5.